The first-order chi connectivity index (χ1) is 11.0. The summed E-state index contributed by atoms with van der Waals surface area (Å²) in [6, 6.07) is 6.51. The topological polar surface area (TPSA) is 87.3 Å². The van der Waals surface area contributed by atoms with Gasteiger partial charge in [-0.2, -0.15) is 0 Å². The van der Waals surface area contributed by atoms with Crippen LogP contribution in [0.15, 0.2) is 29.2 Å². The molecule has 7 heteroatoms. The van der Waals surface area contributed by atoms with Crippen molar-refractivity contribution in [3.05, 3.63) is 29.8 Å². The van der Waals surface area contributed by atoms with Crippen LogP contribution in [0.4, 0.5) is 0 Å². The van der Waals surface area contributed by atoms with E-state index in [4.69, 9.17) is 0 Å². The fourth-order valence-electron chi connectivity index (χ4n) is 2.69. The van der Waals surface area contributed by atoms with Gasteiger partial charge in [0.05, 0.1) is 4.90 Å². The predicted molar refractivity (Wildman–Crippen MR) is 87.7 cm³/mol. The van der Waals surface area contributed by atoms with Crippen molar-refractivity contribution < 1.29 is 13.2 Å². The van der Waals surface area contributed by atoms with E-state index in [9.17, 15) is 13.2 Å². The van der Waals surface area contributed by atoms with Gasteiger partial charge in [-0.25, -0.2) is 13.1 Å². The molecule has 0 spiro atoms. The Labute approximate surface area is 137 Å². The molecule has 3 N–H and O–H groups in total. The first kappa shape index (κ1) is 16.4. The summed E-state index contributed by atoms with van der Waals surface area (Å²) >= 11 is 0. The Bertz CT molecular complexity index is 665. The lowest BCUT2D eigenvalue weighted by Gasteiger charge is -2.12. The minimum Gasteiger partial charge on any atom is -0.350 e. The number of carbonyl (C=O) groups excluding carboxylic acids is 1. The Morgan fingerprint density at radius 3 is 2.74 bits per heavy atom. The molecule has 1 aromatic carbocycles. The smallest absolute Gasteiger partial charge is 0.251 e. The van der Waals surface area contributed by atoms with Crippen molar-refractivity contribution in [1.82, 2.24) is 15.4 Å². The molecule has 1 aromatic rings. The molecular weight excluding hydrogens is 314 g/mol. The normalized spacial score (nSPS) is 21.3. The van der Waals surface area contributed by atoms with Crippen molar-refractivity contribution in [3.63, 3.8) is 0 Å². The van der Waals surface area contributed by atoms with E-state index < -0.39 is 10.0 Å². The molecule has 2 aliphatic rings. The maximum atomic E-state index is 12.3. The lowest BCUT2D eigenvalue weighted by molar-refractivity contribution is 0.0950. The summed E-state index contributed by atoms with van der Waals surface area (Å²) in [6.45, 7) is 2.03. The van der Waals surface area contributed by atoms with Gasteiger partial charge in [0.15, 0.2) is 0 Å². The number of rotatable bonds is 7. The molecule has 6 nitrogen and oxygen atoms in total. The molecular formula is C16H23N3O3S. The van der Waals surface area contributed by atoms with Crippen LogP contribution in [-0.4, -0.2) is 40.0 Å². The lowest BCUT2D eigenvalue weighted by atomic mass is 10.2. The molecule has 1 heterocycles. The summed E-state index contributed by atoms with van der Waals surface area (Å²) < 4.78 is 27.1. The Hall–Kier alpha value is -1.44. The fraction of sp³-hybridized carbons (Fsp3) is 0.562. The van der Waals surface area contributed by atoms with Gasteiger partial charge in [-0.15, -0.1) is 0 Å². The van der Waals surface area contributed by atoms with Crippen LogP contribution in [-0.2, 0) is 10.0 Å². The summed E-state index contributed by atoms with van der Waals surface area (Å²) in [5, 5.41) is 6.17. The number of carbonyl (C=O) groups is 1. The number of benzene rings is 1. The molecule has 2 fully saturated rings. The number of hydrogen-bond acceptors (Lipinski definition) is 4. The van der Waals surface area contributed by atoms with E-state index in [1.807, 2.05) is 0 Å². The summed E-state index contributed by atoms with van der Waals surface area (Å²) in [5.74, 6) is 0.230. The highest BCUT2D eigenvalue weighted by molar-refractivity contribution is 7.89. The minimum atomic E-state index is -3.54. The fourth-order valence-corrected chi connectivity index (χ4v) is 3.85. The second-order valence-corrected chi connectivity index (χ2v) is 8.09. The van der Waals surface area contributed by atoms with Crippen molar-refractivity contribution in [2.45, 2.75) is 36.6 Å². The minimum absolute atomic E-state index is 0.143. The molecule has 1 amide bonds. The Balaban J connectivity index is 1.62. The van der Waals surface area contributed by atoms with Gasteiger partial charge in [-0.3, -0.25) is 4.79 Å². The van der Waals surface area contributed by atoms with E-state index in [-0.39, 0.29) is 10.8 Å². The summed E-state index contributed by atoms with van der Waals surface area (Å²) in [4.78, 5) is 12.3. The molecule has 1 atom stereocenters. The zero-order valence-corrected chi connectivity index (χ0v) is 13.9. The van der Waals surface area contributed by atoms with Crippen LogP contribution in [0.2, 0.25) is 0 Å². The largest absolute Gasteiger partial charge is 0.350 e. The zero-order valence-electron chi connectivity index (χ0n) is 13.0. The molecule has 0 radical (unpaired) electrons. The van der Waals surface area contributed by atoms with E-state index in [0.717, 1.165) is 32.2 Å². The summed E-state index contributed by atoms with van der Waals surface area (Å²) in [5.41, 5.74) is 0.372. The average Bonchev–Trinajstić information content (AvgIpc) is 3.25. The van der Waals surface area contributed by atoms with Crippen LogP contribution < -0.4 is 15.4 Å². The maximum absolute atomic E-state index is 12.3. The maximum Gasteiger partial charge on any atom is 0.251 e. The van der Waals surface area contributed by atoms with Gasteiger partial charge < -0.3 is 10.6 Å². The van der Waals surface area contributed by atoms with Crippen LogP contribution in [0.5, 0.6) is 0 Å². The zero-order chi connectivity index (χ0) is 16.3. The van der Waals surface area contributed by atoms with Crippen molar-refractivity contribution >= 4 is 15.9 Å². The van der Waals surface area contributed by atoms with Gasteiger partial charge in [0.25, 0.3) is 5.91 Å². The van der Waals surface area contributed by atoms with E-state index in [2.05, 4.69) is 15.4 Å². The molecule has 1 aliphatic carbocycles. The third-order valence-corrected chi connectivity index (χ3v) is 5.76. The molecule has 1 aliphatic heterocycles. The number of amides is 1. The SMILES string of the molecule is O=C(NCC1CCCN1)c1cccc(S(=O)(=O)NCC2CC2)c1. The highest BCUT2D eigenvalue weighted by Crippen LogP contribution is 2.28. The quantitative estimate of drug-likeness (QED) is 0.689. The van der Waals surface area contributed by atoms with E-state index in [1.165, 1.54) is 12.1 Å². The second kappa shape index (κ2) is 6.98. The third-order valence-electron chi connectivity index (χ3n) is 4.34. The molecule has 23 heavy (non-hydrogen) atoms. The molecule has 1 unspecified atom stereocenters. The highest BCUT2D eigenvalue weighted by atomic mass is 32.2. The van der Waals surface area contributed by atoms with Gasteiger partial charge in [-0.05, 0) is 56.3 Å². The van der Waals surface area contributed by atoms with Crippen molar-refractivity contribution in [2.75, 3.05) is 19.6 Å². The predicted octanol–water partition coefficient (Wildman–Crippen LogP) is 0.857. The molecule has 126 valence electrons. The van der Waals surface area contributed by atoms with Crippen LogP contribution in [0.3, 0.4) is 0 Å². The third kappa shape index (κ3) is 4.53. The standard InChI is InChI=1S/C16H23N3O3S/c20-16(18-11-14-4-2-8-17-14)13-3-1-5-15(9-13)23(21,22)19-10-12-6-7-12/h1,3,5,9,12,14,17,19H,2,4,6-8,10-11H2,(H,18,20). The molecule has 0 bridgehead atoms. The first-order valence-electron chi connectivity index (χ1n) is 8.16. The van der Waals surface area contributed by atoms with E-state index in [0.29, 0.717) is 30.6 Å². The summed E-state index contributed by atoms with van der Waals surface area (Å²) in [7, 11) is -3.54. The molecule has 0 aromatic heterocycles. The average molecular weight is 337 g/mol. The van der Waals surface area contributed by atoms with Gasteiger partial charge in [-0.1, -0.05) is 6.07 Å². The Morgan fingerprint density at radius 2 is 2.04 bits per heavy atom. The lowest BCUT2D eigenvalue weighted by Crippen LogP contribution is -2.37. The molecule has 1 saturated carbocycles. The second-order valence-electron chi connectivity index (χ2n) is 6.33. The Morgan fingerprint density at radius 1 is 1.22 bits per heavy atom. The van der Waals surface area contributed by atoms with Gasteiger partial charge >= 0.3 is 0 Å². The van der Waals surface area contributed by atoms with Crippen LogP contribution in [0.25, 0.3) is 0 Å². The molecule has 3 rings (SSSR count). The number of nitrogens with one attached hydrogen (secondary N) is 3. The van der Waals surface area contributed by atoms with Crippen LogP contribution in [0.1, 0.15) is 36.0 Å². The van der Waals surface area contributed by atoms with Gasteiger partial charge in [0.2, 0.25) is 10.0 Å². The summed E-state index contributed by atoms with van der Waals surface area (Å²) in [6.07, 6.45) is 4.35. The van der Waals surface area contributed by atoms with Crippen molar-refractivity contribution in [1.29, 1.82) is 0 Å². The van der Waals surface area contributed by atoms with E-state index >= 15 is 0 Å². The van der Waals surface area contributed by atoms with Crippen LogP contribution >= 0.6 is 0 Å². The number of hydrogen-bond donors (Lipinski definition) is 3. The van der Waals surface area contributed by atoms with Gasteiger partial charge in [0, 0.05) is 24.7 Å². The highest BCUT2D eigenvalue weighted by Gasteiger charge is 2.24. The molecule has 1 saturated heterocycles. The van der Waals surface area contributed by atoms with Crippen molar-refractivity contribution in [3.8, 4) is 0 Å². The Kier molecular flexibility index (Phi) is 4.99. The van der Waals surface area contributed by atoms with E-state index in [1.54, 1.807) is 12.1 Å². The monoisotopic (exact) mass is 337 g/mol. The van der Waals surface area contributed by atoms with Crippen molar-refractivity contribution in [2.24, 2.45) is 5.92 Å². The first-order valence-corrected chi connectivity index (χ1v) is 9.64. The van der Waals surface area contributed by atoms with Gasteiger partial charge in [0.1, 0.15) is 0 Å². The van der Waals surface area contributed by atoms with Crippen LogP contribution in [0, 0.1) is 5.92 Å². The number of sulfonamides is 1.